The minimum atomic E-state index is -0.699. The van der Waals surface area contributed by atoms with Gasteiger partial charge in [0.15, 0.2) is 6.10 Å². The van der Waals surface area contributed by atoms with E-state index in [-0.39, 0.29) is 6.61 Å². The van der Waals surface area contributed by atoms with Gasteiger partial charge in [0, 0.05) is 0 Å². The van der Waals surface area contributed by atoms with Crippen LogP contribution >= 0.6 is 0 Å². The average molecular weight is 707 g/mol. The van der Waals surface area contributed by atoms with Crippen LogP contribution in [0.3, 0.4) is 0 Å². The van der Waals surface area contributed by atoms with Gasteiger partial charge in [0.25, 0.3) is 0 Å². The van der Waals surface area contributed by atoms with Crippen LogP contribution in [0.15, 0.2) is 78.9 Å². The van der Waals surface area contributed by atoms with Crippen LogP contribution in [0.1, 0.15) is 173 Å². The summed E-state index contributed by atoms with van der Waals surface area (Å²) in [6.45, 7) is 4.57. The van der Waals surface area contributed by atoms with E-state index in [1.807, 2.05) is 78.9 Å². The molecule has 52 heavy (non-hydrogen) atoms. The van der Waals surface area contributed by atoms with E-state index in [1.165, 1.54) is 127 Å². The Morgan fingerprint density at radius 2 is 0.962 bits per heavy atom. The second-order valence-corrected chi connectivity index (χ2v) is 16.1. The molecule has 0 unspecified atom stereocenters. The Hall–Kier alpha value is -3.40. The van der Waals surface area contributed by atoms with Crippen LogP contribution in [0.4, 0.5) is 0 Å². The molecule has 3 aromatic rings. The van der Waals surface area contributed by atoms with Crippen LogP contribution in [0.5, 0.6) is 0 Å². The monoisotopic (exact) mass is 706 g/mol. The van der Waals surface area contributed by atoms with Gasteiger partial charge >= 0.3 is 11.9 Å². The van der Waals surface area contributed by atoms with Gasteiger partial charge in [-0.25, -0.2) is 9.59 Å². The molecule has 0 aliphatic heterocycles. The quantitative estimate of drug-likeness (QED) is 0.0867. The Labute approximate surface area is 315 Å². The molecule has 2 fully saturated rings. The molecule has 3 aromatic carbocycles. The summed E-state index contributed by atoms with van der Waals surface area (Å²) in [7, 11) is 0. The fourth-order valence-electron chi connectivity index (χ4n) is 8.87. The number of unbranched alkanes of at least 4 members (excludes halogenated alkanes) is 2. The Morgan fingerprint density at radius 3 is 1.40 bits per heavy atom. The van der Waals surface area contributed by atoms with E-state index < -0.39 is 18.0 Å². The standard InChI is InChI=1S/C48H66O4/c1-3-12-37-20-24-39(25-21-37)14-8-10-16-41-28-32-44(33-29-41)47(49)51-36-46(43-18-6-5-7-19-43)52-48(50)45-34-30-42(31-35-45)17-11-9-15-40-26-22-38(13-4-2)23-27-40/h5-7,18-19,28-35,37-40,46H,3-4,8-17,20-27,36H2,1-2H3/t37-,38-,39-,40-,46-/m0/s1. The van der Waals surface area contributed by atoms with Gasteiger partial charge in [-0.2, -0.15) is 0 Å². The van der Waals surface area contributed by atoms with Crippen molar-refractivity contribution in [1.29, 1.82) is 0 Å². The maximum absolute atomic E-state index is 13.3. The summed E-state index contributed by atoms with van der Waals surface area (Å²) >= 11 is 0. The number of carbonyl (C=O) groups is 2. The third kappa shape index (κ3) is 13.2. The van der Waals surface area contributed by atoms with E-state index in [0.717, 1.165) is 42.1 Å². The van der Waals surface area contributed by atoms with Crippen molar-refractivity contribution in [3.05, 3.63) is 107 Å². The molecule has 4 heteroatoms. The zero-order valence-corrected chi connectivity index (χ0v) is 32.4. The molecular weight excluding hydrogens is 641 g/mol. The Balaban J connectivity index is 1.03. The predicted octanol–water partition coefficient (Wildman–Crippen LogP) is 13.1. The molecule has 0 spiro atoms. The lowest BCUT2D eigenvalue weighted by atomic mass is 9.78. The van der Waals surface area contributed by atoms with Crippen LogP contribution in [0, 0.1) is 23.7 Å². The van der Waals surface area contributed by atoms with Gasteiger partial charge in [-0.05, 0) is 90.3 Å². The highest BCUT2D eigenvalue weighted by molar-refractivity contribution is 5.90. The number of hydrogen-bond acceptors (Lipinski definition) is 4. The second-order valence-electron chi connectivity index (χ2n) is 16.1. The highest BCUT2D eigenvalue weighted by Crippen LogP contribution is 2.35. The highest BCUT2D eigenvalue weighted by atomic mass is 16.6. The maximum Gasteiger partial charge on any atom is 0.338 e. The minimum Gasteiger partial charge on any atom is -0.458 e. The van der Waals surface area contributed by atoms with Gasteiger partial charge in [-0.1, -0.05) is 171 Å². The molecular formula is C48H66O4. The van der Waals surface area contributed by atoms with E-state index in [2.05, 4.69) is 13.8 Å². The van der Waals surface area contributed by atoms with E-state index >= 15 is 0 Å². The van der Waals surface area contributed by atoms with Crippen molar-refractivity contribution < 1.29 is 19.1 Å². The van der Waals surface area contributed by atoms with Gasteiger partial charge in [0.05, 0.1) is 11.1 Å². The van der Waals surface area contributed by atoms with Crippen LogP contribution in [0.25, 0.3) is 0 Å². The first-order chi connectivity index (χ1) is 25.5. The number of rotatable bonds is 20. The van der Waals surface area contributed by atoms with E-state index in [4.69, 9.17) is 9.47 Å². The average Bonchev–Trinajstić information content (AvgIpc) is 3.19. The second kappa shape index (κ2) is 22.0. The first-order valence-electron chi connectivity index (χ1n) is 21.1. The smallest absolute Gasteiger partial charge is 0.338 e. The zero-order chi connectivity index (χ0) is 36.4. The van der Waals surface area contributed by atoms with Crippen LogP contribution in [-0.4, -0.2) is 18.5 Å². The third-order valence-corrected chi connectivity index (χ3v) is 12.1. The van der Waals surface area contributed by atoms with Crippen molar-refractivity contribution in [2.24, 2.45) is 23.7 Å². The SMILES string of the molecule is CCC[C@H]1CC[C@H](CCCCc2ccc(C(=O)OC[C@H](OC(=O)c3ccc(CCCC[C@H]4CC[C@H](CCC)CC4)cc3)c3ccccc3)cc2)CC1. The molecule has 0 aromatic heterocycles. The summed E-state index contributed by atoms with van der Waals surface area (Å²) in [5, 5.41) is 0. The number of hydrogen-bond donors (Lipinski definition) is 0. The van der Waals surface area contributed by atoms with Crippen molar-refractivity contribution in [2.75, 3.05) is 6.61 Å². The molecule has 2 aliphatic carbocycles. The van der Waals surface area contributed by atoms with Crippen LogP contribution < -0.4 is 0 Å². The van der Waals surface area contributed by atoms with Gasteiger partial charge < -0.3 is 9.47 Å². The van der Waals surface area contributed by atoms with E-state index in [9.17, 15) is 9.59 Å². The molecule has 0 heterocycles. The molecule has 0 bridgehead atoms. The predicted molar refractivity (Wildman–Crippen MR) is 214 cm³/mol. The van der Waals surface area contributed by atoms with E-state index in [1.54, 1.807) is 0 Å². The lowest BCUT2D eigenvalue weighted by molar-refractivity contribution is -0.00133. The molecule has 0 saturated heterocycles. The van der Waals surface area contributed by atoms with Crippen molar-refractivity contribution in [3.63, 3.8) is 0 Å². The fraction of sp³-hybridized carbons (Fsp3) is 0.583. The number of ether oxygens (including phenoxy) is 2. The summed E-state index contributed by atoms with van der Waals surface area (Å²) in [4.78, 5) is 26.3. The number of carbonyl (C=O) groups excluding carboxylic acids is 2. The topological polar surface area (TPSA) is 52.6 Å². The van der Waals surface area contributed by atoms with Crippen LogP contribution in [-0.2, 0) is 22.3 Å². The summed E-state index contributed by atoms with van der Waals surface area (Å²) in [5.41, 5.74) is 4.33. The molecule has 5 rings (SSSR count). The summed E-state index contributed by atoms with van der Waals surface area (Å²) < 4.78 is 11.7. The molecule has 0 radical (unpaired) electrons. The highest BCUT2D eigenvalue weighted by Gasteiger charge is 2.23. The Morgan fingerprint density at radius 1 is 0.538 bits per heavy atom. The lowest BCUT2D eigenvalue weighted by Gasteiger charge is -2.28. The lowest BCUT2D eigenvalue weighted by Crippen LogP contribution is -2.19. The number of esters is 2. The largest absolute Gasteiger partial charge is 0.458 e. The van der Waals surface area contributed by atoms with Crippen molar-refractivity contribution in [2.45, 2.75) is 148 Å². The van der Waals surface area contributed by atoms with Crippen molar-refractivity contribution >= 4 is 11.9 Å². The Bertz CT molecular complexity index is 1430. The van der Waals surface area contributed by atoms with Gasteiger partial charge in [-0.3, -0.25) is 0 Å². The fourth-order valence-corrected chi connectivity index (χ4v) is 8.87. The van der Waals surface area contributed by atoms with Crippen LogP contribution in [0.2, 0.25) is 0 Å². The Kier molecular flexibility index (Phi) is 16.8. The van der Waals surface area contributed by atoms with Crippen molar-refractivity contribution in [3.8, 4) is 0 Å². The van der Waals surface area contributed by atoms with Gasteiger partial charge in [0.1, 0.15) is 6.61 Å². The first kappa shape index (κ1) is 39.8. The van der Waals surface area contributed by atoms with Gasteiger partial charge in [-0.15, -0.1) is 0 Å². The maximum atomic E-state index is 13.3. The van der Waals surface area contributed by atoms with E-state index in [0.29, 0.717) is 11.1 Å². The molecule has 4 nitrogen and oxygen atoms in total. The zero-order valence-electron chi connectivity index (χ0n) is 32.4. The molecule has 282 valence electrons. The summed E-state index contributed by atoms with van der Waals surface area (Å²) in [6.07, 6.45) is 25.8. The normalized spacial score (nSPS) is 21.0. The molecule has 2 saturated carbocycles. The van der Waals surface area contributed by atoms with Crippen molar-refractivity contribution in [1.82, 2.24) is 0 Å². The summed E-state index contributed by atoms with van der Waals surface area (Å²) in [5.74, 6) is 2.96. The molecule has 0 N–H and O–H groups in total. The number of aryl methyl sites for hydroxylation is 2. The first-order valence-corrected chi connectivity index (χ1v) is 21.1. The van der Waals surface area contributed by atoms with Gasteiger partial charge in [0.2, 0.25) is 0 Å². The molecule has 1 atom stereocenters. The summed E-state index contributed by atoms with van der Waals surface area (Å²) in [6, 6.07) is 25.2. The third-order valence-electron chi connectivity index (χ3n) is 12.1. The minimum absolute atomic E-state index is 0.0466. The number of benzene rings is 3. The molecule has 0 amide bonds. The molecule has 2 aliphatic rings.